The van der Waals surface area contributed by atoms with Gasteiger partial charge in [0.2, 0.25) is 5.91 Å². The molecule has 1 saturated heterocycles. The van der Waals surface area contributed by atoms with E-state index in [4.69, 9.17) is 9.47 Å². The smallest absolute Gasteiger partial charge is 0.227 e. The monoisotopic (exact) mass is 258 g/mol. The molecule has 2 unspecified atom stereocenters. The van der Waals surface area contributed by atoms with Crippen LogP contribution in [0.4, 0.5) is 0 Å². The minimum atomic E-state index is -0.222. The number of hydrogen-bond donors (Lipinski definition) is 2. The molecule has 1 aliphatic heterocycles. The summed E-state index contributed by atoms with van der Waals surface area (Å²) < 4.78 is 10.3. The lowest BCUT2D eigenvalue weighted by Crippen LogP contribution is -2.46. The molecule has 0 aliphatic carbocycles. The minimum absolute atomic E-state index is 0.0769. The van der Waals surface area contributed by atoms with E-state index >= 15 is 0 Å². The van der Waals surface area contributed by atoms with Crippen LogP contribution >= 0.6 is 0 Å². The first-order valence-corrected chi connectivity index (χ1v) is 6.69. The zero-order valence-corrected chi connectivity index (χ0v) is 11.8. The zero-order valence-electron chi connectivity index (χ0n) is 11.8. The summed E-state index contributed by atoms with van der Waals surface area (Å²) in [4.78, 5) is 12.3. The largest absolute Gasteiger partial charge is 0.382 e. The maximum Gasteiger partial charge on any atom is 0.227 e. The van der Waals surface area contributed by atoms with E-state index in [0.29, 0.717) is 13.2 Å². The van der Waals surface area contributed by atoms with E-state index in [-0.39, 0.29) is 17.4 Å². The van der Waals surface area contributed by atoms with E-state index in [9.17, 15) is 4.79 Å². The summed E-state index contributed by atoms with van der Waals surface area (Å²) in [5.74, 6) is 0.146. The van der Waals surface area contributed by atoms with Crippen LogP contribution in [0, 0.1) is 5.41 Å². The fourth-order valence-electron chi connectivity index (χ4n) is 2.53. The molecular formula is C13H26N2O3. The highest BCUT2D eigenvalue weighted by Crippen LogP contribution is 2.31. The Morgan fingerprint density at radius 2 is 2.28 bits per heavy atom. The molecule has 2 atom stereocenters. The first kappa shape index (κ1) is 15.4. The summed E-state index contributed by atoms with van der Waals surface area (Å²) in [5, 5.41) is 6.29. The van der Waals surface area contributed by atoms with Gasteiger partial charge in [-0.15, -0.1) is 0 Å². The van der Waals surface area contributed by atoms with Gasteiger partial charge < -0.3 is 20.1 Å². The van der Waals surface area contributed by atoms with Gasteiger partial charge in [0.15, 0.2) is 0 Å². The first-order chi connectivity index (χ1) is 8.68. The quantitative estimate of drug-likeness (QED) is 0.667. The Labute approximate surface area is 110 Å². The predicted octanol–water partition coefficient (Wildman–Crippen LogP) is 0.544. The average Bonchev–Trinajstić information content (AvgIpc) is 2.84. The van der Waals surface area contributed by atoms with Crippen molar-refractivity contribution < 1.29 is 14.3 Å². The molecule has 1 amide bonds. The summed E-state index contributed by atoms with van der Waals surface area (Å²) in [6.45, 7) is 4.84. The number of rotatable bonds is 8. The van der Waals surface area contributed by atoms with Gasteiger partial charge in [-0.25, -0.2) is 0 Å². The number of ether oxygens (including phenoxy) is 2. The van der Waals surface area contributed by atoms with Gasteiger partial charge in [-0.05, 0) is 19.4 Å². The maximum absolute atomic E-state index is 12.3. The number of amides is 1. The highest BCUT2D eigenvalue weighted by Gasteiger charge is 2.40. The lowest BCUT2D eigenvalue weighted by atomic mass is 9.81. The minimum Gasteiger partial charge on any atom is -0.382 e. The van der Waals surface area contributed by atoms with Crippen LogP contribution in [0.1, 0.15) is 26.2 Å². The van der Waals surface area contributed by atoms with E-state index in [0.717, 1.165) is 32.4 Å². The van der Waals surface area contributed by atoms with Crippen molar-refractivity contribution in [1.82, 2.24) is 10.6 Å². The zero-order chi connectivity index (χ0) is 13.4. The third-order valence-corrected chi connectivity index (χ3v) is 3.63. The van der Waals surface area contributed by atoms with Crippen LogP contribution in [0.2, 0.25) is 0 Å². The van der Waals surface area contributed by atoms with Crippen LogP contribution in [-0.2, 0) is 14.3 Å². The molecule has 0 aromatic rings. The van der Waals surface area contributed by atoms with Gasteiger partial charge in [0.25, 0.3) is 0 Å². The molecule has 0 saturated carbocycles. The lowest BCUT2D eigenvalue weighted by Gasteiger charge is -2.27. The van der Waals surface area contributed by atoms with Crippen LogP contribution in [0.5, 0.6) is 0 Å². The van der Waals surface area contributed by atoms with Crippen molar-refractivity contribution in [2.45, 2.75) is 32.3 Å². The predicted molar refractivity (Wildman–Crippen MR) is 70.5 cm³/mol. The van der Waals surface area contributed by atoms with Gasteiger partial charge in [0.05, 0.1) is 18.1 Å². The molecule has 106 valence electrons. The average molecular weight is 258 g/mol. The second-order valence-corrected chi connectivity index (χ2v) is 4.98. The number of carbonyl (C=O) groups is 1. The summed E-state index contributed by atoms with van der Waals surface area (Å²) >= 11 is 0. The topological polar surface area (TPSA) is 59.6 Å². The van der Waals surface area contributed by atoms with Crippen LogP contribution in [0.3, 0.4) is 0 Å². The Morgan fingerprint density at radius 1 is 1.50 bits per heavy atom. The Balaban J connectivity index is 2.46. The van der Waals surface area contributed by atoms with Crippen molar-refractivity contribution in [3.63, 3.8) is 0 Å². The molecule has 1 fully saturated rings. The maximum atomic E-state index is 12.3. The fourth-order valence-corrected chi connectivity index (χ4v) is 2.53. The number of hydrogen-bond acceptors (Lipinski definition) is 4. The Hall–Kier alpha value is -0.650. The van der Waals surface area contributed by atoms with E-state index < -0.39 is 0 Å². The summed E-state index contributed by atoms with van der Waals surface area (Å²) in [6, 6.07) is 0. The summed E-state index contributed by atoms with van der Waals surface area (Å²) in [6.07, 6.45) is 2.82. The molecule has 18 heavy (non-hydrogen) atoms. The molecule has 5 heteroatoms. The van der Waals surface area contributed by atoms with Gasteiger partial charge in [0.1, 0.15) is 0 Å². The summed E-state index contributed by atoms with van der Waals surface area (Å²) in [5.41, 5.74) is -0.222. The Bertz CT molecular complexity index is 253. The highest BCUT2D eigenvalue weighted by molar-refractivity contribution is 5.83. The van der Waals surface area contributed by atoms with Crippen LogP contribution in [0.25, 0.3) is 0 Å². The van der Waals surface area contributed by atoms with Crippen molar-refractivity contribution in [3.05, 3.63) is 0 Å². The molecule has 0 aromatic heterocycles. The molecule has 0 bridgehead atoms. The molecule has 2 N–H and O–H groups in total. The third-order valence-electron chi connectivity index (χ3n) is 3.63. The Kier molecular flexibility index (Phi) is 6.60. The van der Waals surface area contributed by atoms with Crippen LogP contribution in [0.15, 0.2) is 0 Å². The normalized spacial score (nSPS) is 25.1. The molecule has 5 nitrogen and oxygen atoms in total. The van der Waals surface area contributed by atoms with Crippen LogP contribution < -0.4 is 10.6 Å². The lowest BCUT2D eigenvalue weighted by molar-refractivity contribution is -0.131. The van der Waals surface area contributed by atoms with Gasteiger partial charge in [-0.1, -0.05) is 13.3 Å². The van der Waals surface area contributed by atoms with Crippen molar-refractivity contribution in [3.8, 4) is 0 Å². The van der Waals surface area contributed by atoms with Gasteiger partial charge in [-0.3, -0.25) is 4.79 Å². The SMILES string of the molecule is CCCC1(C(=O)NCC(COC)OC)CCNC1. The number of methoxy groups -OCH3 is 2. The summed E-state index contributed by atoms with van der Waals surface area (Å²) in [7, 11) is 3.27. The van der Waals surface area contributed by atoms with Crippen molar-refractivity contribution in [2.75, 3.05) is 40.5 Å². The molecular weight excluding hydrogens is 232 g/mol. The van der Waals surface area contributed by atoms with Crippen molar-refractivity contribution in [2.24, 2.45) is 5.41 Å². The number of nitrogens with one attached hydrogen (secondary N) is 2. The molecule has 0 spiro atoms. The standard InChI is InChI=1S/C13H26N2O3/c1-4-5-13(6-7-14-10-13)12(16)15-8-11(18-3)9-17-2/h11,14H,4-10H2,1-3H3,(H,15,16). The Morgan fingerprint density at radius 3 is 2.78 bits per heavy atom. The molecule has 1 aliphatic rings. The number of carbonyl (C=O) groups excluding carboxylic acids is 1. The van der Waals surface area contributed by atoms with E-state index in [1.165, 1.54) is 0 Å². The van der Waals surface area contributed by atoms with Gasteiger partial charge >= 0.3 is 0 Å². The van der Waals surface area contributed by atoms with Crippen molar-refractivity contribution in [1.29, 1.82) is 0 Å². The molecule has 0 radical (unpaired) electrons. The molecule has 1 rings (SSSR count). The molecule has 0 aromatic carbocycles. The van der Waals surface area contributed by atoms with E-state index in [1.54, 1.807) is 14.2 Å². The third kappa shape index (κ3) is 3.93. The van der Waals surface area contributed by atoms with E-state index in [2.05, 4.69) is 17.6 Å². The van der Waals surface area contributed by atoms with Gasteiger partial charge in [0, 0.05) is 27.3 Å². The fraction of sp³-hybridized carbons (Fsp3) is 0.923. The second-order valence-electron chi connectivity index (χ2n) is 4.98. The highest BCUT2D eigenvalue weighted by atomic mass is 16.5. The van der Waals surface area contributed by atoms with E-state index in [1.807, 2.05) is 0 Å². The van der Waals surface area contributed by atoms with Gasteiger partial charge in [-0.2, -0.15) is 0 Å². The second kappa shape index (κ2) is 7.71. The van der Waals surface area contributed by atoms with Crippen molar-refractivity contribution >= 4 is 5.91 Å². The molecule has 1 heterocycles. The van der Waals surface area contributed by atoms with Crippen LogP contribution in [-0.4, -0.2) is 52.5 Å². The first-order valence-electron chi connectivity index (χ1n) is 6.69.